The number of carbonyl (C=O) groups excluding carboxylic acids is 1. The minimum atomic E-state index is -0.291. The van der Waals surface area contributed by atoms with E-state index in [0.717, 1.165) is 5.56 Å². The minimum absolute atomic E-state index is 0.0563. The predicted molar refractivity (Wildman–Crippen MR) is 56.6 cm³/mol. The van der Waals surface area contributed by atoms with Crippen LogP contribution in [0.2, 0.25) is 0 Å². The summed E-state index contributed by atoms with van der Waals surface area (Å²) in [5.41, 5.74) is 0.834. The van der Waals surface area contributed by atoms with E-state index in [9.17, 15) is 4.79 Å². The summed E-state index contributed by atoms with van der Waals surface area (Å²) < 4.78 is 5.16. The molecule has 1 atom stereocenters. The van der Waals surface area contributed by atoms with Crippen LogP contribution >= 0.6 is 0 Å². The fourth-order valence-corrected chi connectivity index (χ4v) is 1.43. The molecule has 0 bridgehead atoms. The van der Waals surface area contributed by atoms with Crippen LogP contribution in [0.25, 0.3) is 0 Å². The summed E-state index contributed by atoms with van der Waals surface area (Å²) in [7, 11) is 1.57. The van der Waals surface area contributed by atoms with Crippen molar-refractivity contribution < 1.29 is 9.53 Å². The molecule has 0 N–H and O–H groups in total. The van der Waals surface area contributed by atoms with Crippen LogP contribution < -0.4 is 4.74 Å². The van der Waals surface area contributed by atoms with Gasteiger partial charge >= 0.3 is 0 Å². The Morgan fingerprint density at radius 3 is 2.80 bits per heavy atom. The monoisotopic (exact) mass is 203 g/mol. The lowest BCUT2D eigenvalue weighted by Crippen LogP contribution is -2.09. The Bertz CT molecular complexity index is 393. The first-order chi connectivity index (χ1) is 7.20. The van der Waals surface area contributed by atoms with E-state index in [1.807, 2.05) is 30.3 Å². The highest BCUT2D eigenvalue weighted by Crippen LogP contribution is 2.27. The molecular weight excluding hydrogens is 190 g/mol. The van der Waals surface area contributed by atoms with E-state index in [1.165, 1.54) is 0 Å². The molecule has 0 spiro atoms. The number of Topliss-reactive ketones (excluding diaryl/α,β-unsaturated/α-hetero) is 1. The largest absolute Gasteiger partial charge is 0.496 e. The van der Waals surface area contributed by atoms with E-state index in [0.29, 0.717) is 5.75 Å². The summed E-state index contributed by atoms with van der Waals surface area (Å²) >= 11 is 0. The molecule has 15 heavy (non-hydrogen) atoms. The normalized spacial score (nSPS) is 11.5. The average molecular weight is 203 g/mol. The number of ether oxygens (including phenoxy) is 1. The number of nitriles is 1. The molecule has 78 valence electrons. The van der Waals surface area contributed by atoms with Crippen molar-refractivity contribution in [3.8, 4) is 11.8 Å². The van der Waals surface area contributed by atoms with Gasteiger partial charge in [0.25, 0.3) is 0 Å². The number of ketones is 1. The zero-order chi connectivity index (χ0) is 11.3. The summed E-state index contributed by atoms with van der Waals surface area (Å²) in [5.74, 6) is 0.319. The summed E-state index contributed by atoms with van der Waals surface area (Å²) in [6, 6.07) is 9.23. The molecule has 3 heteroatoms. The topological polar surface area (TPSA) is 50.1 Å². The number of benzene rings is 1. The lowest BCUT2D eigenvalue weighted by atomic mass is 9.94. The van der Waals surface area contributed by atoms with E-state index in [4.69, 9.17) is 10.00 Å². The van der Waals surface area contributed by atoms with Crippen LogP contribution in [0.5, 0.6) is 5.75 Å². The number of carbonyl (C=O) groups is 1. The third kappa shape index (κ3) is 2.57. The summed E-state index contributed by atoms with van der Waals surface area (Å²) in [5, 5.41) is 8.46. The smallest absolute Gasteiger partial charge is 0.154 e. The molecule has 0 aliphatic heterocycles. The highest BCUT2D eigenvalue weighted by Gasteiger charge is 2.17. The molecule has 1 rings (SSSR count). The van der Waals surface area contributed by atoms with Crippen molar-refractivity contribution in [1.82, 2.24) is 0 Å². The Labute approximate surface area is 89.3 Å². The first-order valence-corrected chi connectivity index (χ1v) is 4.73. The molecular formula is C12H13NO2. The van der Waals surface area contributed by atoms with Gasteiger partial charge in [-0.2, -0.15) is 5.26 Å². The zero-order valence-corrected chi connectivity index (χ0v) is 8.86. The fourth-order valence-electron chi connectivity index (χ4n) is 1.43. The van der Waals surface area contributed by atoms with Crippen molar-refractivity contribution in [2.45, 2.75) is 19.3 Å². The van der Waals surface area contributed by atoms with Gasteiger partial charge in [-0.1, -0.05) is 25.1 Å². The van der Waals surface area contributed by atoms with Crippen molar-refractivity contribution in [2.75, 3.05) is 7.11 Å². The van der Waals surface area contributed by atoms with Crippen LogP contribution in [0, 0.1) is 11.3 Å². The molecule has 0 aromatic heterocycles. The number of rotatable bonds is 4. The molecule has 1 unspecified atom stereocenters. The second kappa shape index (κ2) is 5.16. The molecule has 0 aliphatic rings. The lowest BCUT2D eigenvalue weighted by Gasteiger charge is -2.12. The van der Waals surface area contributed by atoms with E-state index >= 15 is 0 Å². The number of hydrogen-bond donors (Lipinski definition) is 0. The Morgan fingerprint density at radius 1 is 1.53 bits per heavy atom. The third-order valence-corrected chi connectivity index (χ3v) is 2.34. The second-order valence-electron chi connectivity index (χ2n) is 3.26. The SMILES string of the molecule is COc1ccccc1C(C)C(=O)CC#N. The maximum absolute atomic E-state index is 11.5. The molecule has 0 radical (unpaired) electrons. The van der Waals surface area contributed by atoms with Crippen molar-refractivity contribution in [1.29, 1.82) is 5.26 Å². The maximum atomic E-state index is 11.5. The summed E-state index contributed by atoms with van der Waals surface area (Å²) in [6.07, 6.45) is -0.0563. The van der Waals surface area contributed by atoms with E-state index in [2.05, 4.69) is 0 Å². The third-order valence-electron chi connectivity index (χ3n) is 2.34. The molecule has 3 nitrogen and oxygen atoms in total. The first kappa shape index (κ1) is 11.3. The Balaban J connectivity index is 2.95. The van der Waals surface area contributed by atoms with Gasteiger partial charge in [0.15, 0.2) is 5.78 Å². The molecule has 0 saturated heterocycles. The highest BCUT2D eigenvalue weighted by molar-refractivity contribution is 5.87. The van der Waals surface area contributed by atoms with Crippen molar-refractivity contribution in [3.63, 3.8) is 0 Å². The maximum Gasteiger partial charge on any atom is 0.154 e. The average Bonchev–Trinajstić information content (AvgIpc) is 2.28. The minimum Gasteiger partial charge on any atom is -0.496 e. The van der Waals surface area contributed by atoms with Gasteiger partial charge in [0.1, 0.15) is 5.75 Å². The molecule has 0 amide bonds. The van der Waals surface area contributed by atoms with Gasteiger partial charge in [-0.25, -0.2) is 0 Å². The fraction of sp³-hybridized carbons (Fsp3) is 0.333. The van der Waals surface area contributed by atoms with E-state index in [1.54, 1.807) is 14.0 Å². The number of nitrogens with zero attached hydrogens (tertiary/aromatic N) is 1. The summed E-state index contributed by atoms with van der Waals surface area (Å²) in [4.78, 5) is 11.5. The van der Waals surface area contributed by atoms with Gasteiger partial charge in [-0.15, -0.1) is 0 Å². The van der Waals surface area contributed by atoms with Crippen LogP contribution in [0.1, 0.15) is 24.8 Å². The van der Waals surface area contributed by atoms with Crippen molar-refractivity contribution in [2.24, 2.45) is 0 Å². The predicted octanol–water partition coefficient (Wildman–Crippen LogP) is 2.28. The van der Waals surface area contributed by atoms with E-state index < -0.39 is 0 Å². The van der Waals surface area contributed by atoms with Crippen LogP contribution in [-0.4, -0.2) is 12.9 Å². The van der Waals surface area contributed by atoms with Gasteiger partial charge in [0, 0.05) is 11.5 Å². The standard InChI is InChI=1S/C12H13NO2/c1-9(11(14)7-8-13)10-5-3-4-6-12(10)15-2/h3-6,9H,7H2,1-2H3. The lowest BCUT2D eigenvalue weighted by molar-refractivity contribution is -0.119. The summed E-state index contributed by atoms with van der Waals surface area (Å²) in [6.45, 7) is 1.79. The number of para-hydroxylation sites is 1. The van der Waals surface area contributed by atoms with Crippen LogP contribution in [-0.2, 0) is 4.79 Å². The van der Waals surface area contributed by atoms with Crippen LogP contribution in [0.4, 0.5) is 0 Å². The molecule has 0 fully saturated rings. The van der Waals surface area contributed by atoms with Crippen molar-refractivity contribution >= 4 is 5.78 Å². The Morgan fingerprint density at radius 2 is 2.20 bits per heavy atom. The zero-order valence-electron chi connectivity index (χ0n) is 8.86. The van der Waals surface area contributed by atoms with Gasteiger partial charge in [0.05, 0.1) is 19.6 Å². The first-order valence-electron chi connectivity index (χ1n) is 4.73. The Hall–Kier alpha value is -1.82. The van der Waals surface area contributed by atoms with Crippen molar-refractivity contribution in [3.05, 3.63) is 29.8 Å². The quantitative estimate of drug-likeness (QED) is 0.754. The Kier molecular flexibility index (Phi) is 3.87. The van der Waals surface area contributed by atoms with Crippen LogP contribution in [0.15, 0.2) is 24.3 Å². The van der Waals surface area contributed by atoms with Gasteiger partial charge in [-0.05, 0) is 6.07 Å². The molecule has 1 aromatic carbocycles. The van der Waals surface area contributed by atoms with E-state index in [-0.39, 0.29) is 18.1 Å². The van der Waals surface area contributed by atoms with Gasteiger partial charge < -0.3 is 4.74 Å². The number of methoxy groups -OCH3 is 1. The number of hydrogen-bond acceptors (Lipinski definition) is 3. The van der Waals surface area contributed by atoms with Gasteiger partial charge in [0.2, 0.25) is 0 Å². The second-order valence-corrected chi connectivity index (χ2v) is 3.26. The molecule has 0 aliphatic carbocycles. The van der Waals surface area contributed by atoms with Crippen LogP contribution in [0.3, 0.4) is 0 Å². The molecule has 0 saturated carbocycles. The molecule has 1 aromatic rings. The van der Waals surface area contributed by atoms with Gasteiger partial charge in [-0.3, -0.25) is 4.79 Å². The molecule has 0 heterocycles. The highest BCUT2D eigenvalue weighted by atomic mass is 16.5.